The molecule has 0 saturated heterocycles. The van der Waals surface area contributed by atoms with Gasteiger partial charge in [0, 0.05) is 0 Å². The fraction of sp³-hybridized carbons (Fsp3) is 0.235. The molecule has 0 radical (unpaired) electrons. The van der Waals surface area contributed by atoms with Crippen LogP contribution >= 0.6 is 0 Å². The second-order valence-electron chi connectivity index (χ2n) is 5.63. The Morgan fingerprint density at radius 1 is 1.26 bits per heavy atom. The molecule has 23 heavy (non-hydrogen) atoms. The molecule has 0 saturated carbocycles. The number of aryl methyl sites for hydroxylation is 1. The number of fused-ring (bicyclic) bond motifs is 1. The van der Waals surface area contributed by atoms with Crippen LogP contribution < -0.4 is 5.73 Å². The number of aromatic nitrogens is 4. The van der Waals surface area contributed by atoms with E-state index in [9.17, 15) is 0 Å². The second kappa shape index (κ2) is 6.07. The highest BCUT2D eigenvalue weighted by Crippen LogP contribution is 2.23. The van der Waals surface area contributed by atoms with E-state index < -0.39 is 0 Å². The number of hydrogen-bond donors (Lipinski definition) is 2. The first kappa shape index (κ1) is 15.0. The number of anilines is 1. The smallest absolute Gasteiger partial charge is 0.161 e. The Hall–Kier alpha value is -2.91. The minimum Gasteiger partial charge on any atom is -0.382 e. The zero-order valence-electron chi connectivity index (χ0n) is 13.4. The average Bonchev–Trinajstić information content (AvgIpc) is 2.91. The lowest BCUT2D eigenvalue weighted by Gasteiger charge is -2.02. The number of H-pyrrole nitrogens is 1. The van der Waals surface area contributed by atoms with Gasteiger partial charge in [0.1, 0.15) is 11.4 Å². The molecule has 0 aliphatic heterocycles. The summed E-state index contributed by atoms with van der Waals surface area (Å²) in [6.07, 6.45) is 1.58. The van der Waals surface area contributed by atoms with Crippen molar-refractivity contribution in [3.05, 3.63) is 35.7 Å². The molecule has 1 aromatic carbocycles. The summed E-state index contributed by atoms with van der Waals surface area (Å²) in [6.45, 7) is 2.69. The SMILES string of the molecule is Cc1ccc2nc(-c3nc(C#CCN(C)C)cnc3N)[nH]c2c1. The summed E-state index contributed by atoms with van der Waals surface area (Å²) in [5.74, 6) is 6.96. The number of rotatable bonds is 2. The van der Waals surface area contributed by atoms with Crippen molar-refractivity contribution >= 4 is 16.9 Å². The zero-order valence-corrected chi connectivity index (χ0v) is 13.4. The summed E-state index contributed by atoms with van der Waals surface area (Å²) in [5, 5.41) is 0. The van der Waals surface area contributed by atoms with Gasteiger partial charge in [0.2, 0.25) is 0 Å². The topological polar surface area (TPSA) is 83.7 Å². The highest BCUT2D eigenvalue weighted by Gasteiger charge is 2.12. The van der Waals surface area contributed by atoms with Gasteiger partial charge in [-0.3, -0.25) is 4.90 Å². The summed E-state index contributed by atoms with van der Waals surface area (Å²) in [7, 11) is 3.93. The van der Waals surface area contributed by atoms with Crippen LogP contribution in [0, 0.1) is 18.8 Å². The van der Waals surface area contributed by atoms with Crippen molar-refractivity contribution in [3.8, 4) is 23.4 Å². The van der Waals surface area contributed by atoms with Crippen molar-refractivity contribution < 1.29 is 0 Å². The van der Waals surface area contributed by atoms with Gasteiger partial charge in [-0.2, -0.15) is 0 Å². The summed E-state index contributed by atoms with van der Waals surface area (Å²) in [5.41, 5.74) is 10.0. The Morgan fingerprint density at radius 2 is 2.09 bits per heavy atom. The van der Waals surface area contributed by atoms with Crippen molar-refractivity contribution in [2.45, 2.75) is 6.92 Å². The predicted octanol–water partition coefficient (Wildman–Crippen LogP) is 1.82. The van der Waals surface area contributed by atoms with Crippen LogP contribution in [0.1, 0.15) is 11.3 Å². The fourth-order valence-electron chi connectivity index (χ4n) is 2.16. The lowest BCUT2D eigenvalue weighted by molar-refractivity contribution is 0.464. The van der Waals surface area contributed by atoms with E-state index in [1.54, 1.807) is 6.20 Å². The third-order valence-corrected chi connectivity index (χ3v) is 3.27. The Balaban J connectivity index is 2.01. The van der Waals surface area contributed by atoms with Crippen LogP contribution in [0.4, 0.5) is 5.82 Å². The molecule has 6 nitrogen and oxygen atoms in total. The molecule has 0 fully saturated rings. The minimum absolute atomic E-state index is 0.332. The maximum absolute atomic E-state index is 5.96. The Kier molecular flexibility index (Phi) is 3.96. The maximum atomic E-state index is 5.96. The normalized spacial score (nSPS) is 10.8. The van der Waals surface area contributed by atoms with E-state index >= 15 is 0 Å². The average molecular weight is 306 g/mol. The number of benzene rings is 1. The molecule has 0 aliphatic carbocycles. The number of hydrogen-bond acceptors (Lipinski definition) is 5. The van der Waals surface area contributed by atoms with Crippen LogP contribution in [-0.2, 0) is 0 Å². The van der Waals surface area contributed by atoms with E-state index in [1.165, 1.54) is 0 Å². The quantitative estimate of drug-likeness (QED) is 0.706. The number of nitrogen functional groups attached to an aromatic ring is 1. The number of nitrogens with one attached hydrogen (secondary N) is 1. The van der Waals surface area contributed by atoms with Crippen molar-refractivity contribution in [2.75, 3.05) is 26.4 Å². The number of nitrogens with two attached hydrogens (primary N) is 1. The zero-order chi connectivity index (χ0) is 16.4. The second-order valence-corrected chi connectivity index (χ2v) is 5.63. The van der Waals surface area contributed by atoms with Gasteiger partial charge in [-0.1, -0.05) is 12.0 Å². The summed E-state index contributed by atoms with van der Waals surface area (Å²) >= 11 is 0. The Morgan fingerprint density at radius 3 is 2.87 bits per heavy atom. The first-order valence-corrected chi connectivity index (χ1v) is 7.26. The van der Waals surface area contributed by atoms with Gasteiger partial charge in [0.25, 0.3) is 0 Å². The van der Waals surface area contributed by atoms with Gasteiger partial charge in [0.05, 0.1) is 23.8 Å². The third kappa shape index (κ3) is 3.30. The standard InChI is InChI=1S/C17H18N6/c1-11-6-7-13-14(9-11)22-17(21-13)15-16(18)19-10-12(20-15)5-4-8-23(2)3/h6-7,9-10H,8H2,1-3H3,(H2,18,19)(H,21,22). The fourth-order valence-corrected chi connectivity index (χ4v) is 2.16. The van der Waals surface area contributed by atoms with Crippen molar-refractivity contribution in [2.24, 2.45) is 0 Å². The highest BCUT2D eigenvalue weighted by molar-refractivity contribution is 5.81. The largest absolute Gasteiger partial charge is 0.382 e. The molecule has 3 aromatic rings. The van der Waals surface area contributed by atoms with Crippen LogP contribution in [-0.4, -0.2) is 45.5 Å². The van der Waals surface area contributed by atoms with E-state index in [1.807, 2.05) is 44.1 Å². The third-order valence-electron chi connectivity index (χ3n) is 3.27. The lowest BCUT2D eigenvalue weighted by atomic mass is 10.2. The van der Waals surface area contributed by atoms with E-state index in [0.717, 1.165) is 16.6 Å². The molecule has 0 aliphatic rings. The number of imidazole rings is 1. The highest BCUT2D eigenvalue weighted by atomic mass is 15.0. The van der Waals surface area contributed by atoms with Crippen LogP contribution in [0.25, 0.3) is 22.6 Å². The molecule has 2 heterocycles. The van der Waals surface area contributed by atoms with Gasteiger partial charge < -0.3 is 10.7 Å². The minimum atomic E-state index is 0.332. The van der Waals surface area contributed by atoms with E-state index in [0.29, 0.717) is 29.6 Å². The van der Waals surface area contributed by atoms with Crippen LogP contribution in [0.15, 0.2) is 24.4 Å². The summed E-state index contributed by atoms with van der Waals surface area (Å²) < 4.78 is 0. The predicted molar refractivity (Wildman–Crippen MR) is 91.7 cm³/mol. The molecule has 0 atom stereocenters. The monoisotopic (exact) mass is 306 g/mol. The van der Waals surface area contributed by atoms with Crippen LogP contribution in [0.5, 0.6) is 0 Å². The number of nitrogens with zero attached hydrogens (tertiary/aromatic N) is 4. The first-order valence-electron chi connectivity index (χ1n) is 7.26. The van der Waals surface area contributed by atoms with Crippen molar-refractivity contribution in [1.29, 1.82) is 0 Å². The van der Waals surface area contributed by atoms with Gasteiger partial charge in [-0.15, -0.1) is 0 Å². The van der Waals surface area contributed by atoms with Gasteiger partial charge in [-0.25, -0.2) is 15.0 Å². The number of aromatic amines is 1. The molecule has 2 aromatic heterocycles. The molecule has 6 heteroatoms. The van der Waals surface area contributed by atoms with Gasteiger partial charge >= 0.3 is 0 Å². The summed E-state index contributed by atoms with van der Waals surface area (Å²) in [4.78, 5) is 18.4. The Bertz CT molecular complexity index is 914. The molecule has 3 rings (SSSR count). The molecule has 3 N–H and O–H groups in total. The Labute approximate surface area is 134 Å². The van der Waals surface area contributed by atoms with E-state index in [4.69, 9.17) is 5.73 Å². The molecular weight excluding hydrogens is 288 g/mol. The van der Waals surface area contributed by atoms with Gasteiger partial charge in [0.15, 0.2) is 11.6 Å². The molecule has 116 valence electrons. The molecule has 0 unspecified atom stereocenters. The van der Waals surface area contributed by atoms with Crippen molar-refractivity contribution in [1.82, 2.24) is 24.8 Å². The van der Waals surface area contributed by atoms with Crippen LogP contribution in [0.3, 0.4) is 0 Å². The molecular formula is C17H18N6. The summed E-state index contributed by atoms with van der Waals surface area (Å²) in [6, 6.07) is 6.02. The van der Waals surface area contributed by atoms with Crippen LogP contribution in [0.2, 0.25) is 0 Å². The van der Waals surface area contributed by atoms with Gasteiger partial charge in [-0.05, 0) is 44.6 Å². The van der Waals surface area contributed by atoms with E-state index in [-0.39, 0.29) is 0 Å². The van der Waals surface area contributed by atoms with Crippen molar-refractivity contribution in [3.63, 3.8) is 0 Å². The molecule has 0 bridgehead atoms. The lowest BCUT2D eigenvalue weighted by Crippen LogP contribution is -2.10. The van der Waals surface area contributed by atoms with E-state index in [2.05, 4.69) is 31.8 Å². The molecule has 0 spiro atoms. The first-order chi connectivity index (χ1) is 11.0. The molecule has 0 amide bonds. The maximum Gasteiger partial charge on any atom is 0.161 e.